The van der Waals surface area contributed by atoms with E-state index < -0.39 is 0 Å². The molecule has 1 aromatic heterocycles. The van der Waals surface area contributed by atoms with E-state index in [9.17, 15) is 9.59 Å². The molecule has 4 aromatic rings. The van der Waals surface area contributed by atoms with Crippen LogP contribution in [-0.2, 0) is 22.6 Å². The first kappa shape index (κ1) is 28.7. The highest BCUT2D eigenvalue weighted by molar-refractivity contribution is 7.11. The predicted molar refractivity (Wildman–Crippen MR) is 165 cm³/mol. The van der Waals surface area contributed by atoms with Crippen molar-refractivity contribution >= 4 is 23.2 Å². The van der Waals surface area contributed by atoms with Gasteiger partial charge in [0.2, 0.25) is 5.91 Å². The molecule has 0 saturated carbocycles. The normalized spacial score (nSPS) is 13.6. The van der Waals surface area contributed by atoms with Gasteiger partial charge in [-0.15, -0.1) is 11.3 Å². The third-order valence-electron chi connectivity index (χ3n) is 7.35. The summed E-state index contributed by atoms with van der Waals surface area (Å²) in [7, 11) is 0. The second-order valence-corrected chi connectivity index (χ2v) is 11.7. The second-order valence-electron chi connectivity index (χ2n) is 10.4. The van der Waals surface area contributed by atoms with Crippen molar-refractivity contribution in [1.29, 1.82) is 0 Å². The van der Waals surface area contributed by atoms with Gasteiger partial charge in [0.05, 0.1) is 19.8 Å². The average Bonchev–Trinajstić information content (AvgIpc) is 3.44. The van der Waals surface area contributed by atoms with Gasteiger partial charge in [0.1, 0.15) is 6.54 Å². The van der Waals surface area contributed by atoms with Crippen molar-refractivity contribution in [2.75, 3.05) is 45.9 Å². The van der Waals surface area contributed by atoms with Gasteiger partial charge in [0.25, 0.3) is 5.91 Å². The fraction of sp³-hybridized carbons (Fsp3) is 0.294. The number of morpholine rings is 1. The maximum absolute atomic E-state index is 13.9. The highest BCUT2D eigenvalue weighted by Gasteiger charge is 2.24. The van der Waals surface area contributed by atoms with Crippen molar-refractivity contribution in [3.63, 3.8) is 0 Å². The summed E-state index contributed by atoms with van der Waals surface area (Å²) < 4.78 is 5.50. The molecule has 0 atom stereocenters. The van der Waals surface area contributed by atoms with Crippen LogP contribution in [0.2, 0.25) is 0 Å². The molecule has 0 radical (unpaired) electrons. The number of rotatable bonds is 11. The van der Waals surface area contributed by atoms with Crippen LogP contribution in [0.3, 0.4) is 0 Å². The first-order valence-electron chi connectivity index (χ1n) is 14.2. The molecular formula is C34H37N3O3S. The summed E-state index contributed by atoms with van der Waals surface area (Å²) in [6.45, 7) is 7.34. The van der Waals surface area contributed by atoms with Crippen LogP contribution in [0.1, 0.15) is 25.7 Å². The van der Waals surface area contributed by atoms with E-state index in [1.165, 1.54) is 4.88 Å². The van der Waals surface area contributed by atoms with Gasteiger partial charge in [-0.05, 0) is 47.9 Å². The standard InChI is InChI=1S/C34H37N3O3S/c1-27-12-17-32(41-27)25-37(24-28-8-4-2-5-9-28)33(38)26-36(19-18-35-20-22-40-23-21-35)34(39)31-15-13-30(14-16-31)29-10-6-3-7-11-29/h2-17H,18-26H2,1H3. The molecule has 1 saturated heterocycles. The van der Waals surface area contributed by atoms with Gasteiger partial charge in [-0.2, -0.15) is 0 Å². The second kappa shape index (κ2) is 14.2. The Bertz CT molecular complexity index is 1400. The molecule has 1 aliphatic heterocycles. The zero-order chi connectivity index (χ0) is 28.4. The van der Waals surface area contributed by atoms with Gasteiger partial charge < -0.3 is 14.5 Å². The number of hydrogen-bond donors (Lipinski definition) is 0. The van der Waals surface area contributed by atoms with Gasteiger partial charge in [-0.25, -0.2) is 0 Å². The van der Waals surface area contributed by atoms with Gasteiger partial charge >= 0.3 is 0 Å². The van der Waals surface area contributed by atoms with E-state index in [0.29, 0.717) is 45.0 Å². The summed E-state index contributed by atoms with van der Waals surface area (Å²) in [5.74, 6) is -0.186. The Morgan fingerprint density at radius 3 is 2.10 bits per heavy atom. The molecule has 0 spiro atoms. The quantitative estimate of drug-likeness (QED) is 0.232. The highest BCUT2D eigenvalue weighted by Crippen LogP contribution is 2.21. The molecule has 6 nitrogen and oxygen atoms in total. The molecule has 0 N–H and O–H groups in total. The number of benzene rings is 3. The number of carbonyl (C=O) groups excluding carboxylic acids is 2. The Hall–Kier alpha value is -3.78. The SMILES string of the molecule is Cc1ccc(CN(Cc2ccccc2)C(=O)CN(CCN2CCOCC2)C(=O)c2ccc(-c3ccccc3)cc2)s1. The molecule has 0 unspecified atom stereocenters. The summed E-state index contributed by atoms with van der Waals surface area (Å²) in [6, 6.07) is 32.0. The minimum Gasteiger partial charge on any atom is -0.379 e. The number of nitrogens with zero attached hydrogens (tertiary/aromatic N) is 3. The lowest BCUT2D eigenvalue weighted by Crippen LogP contribution is -2.47. The predicted octanol–water partition coefficient (Wildman–Crippen LogP) is 5.73. The van der Waals surface area contributed by atoms with Crippen molar-refractivity contribution in [2.24, 2.45) is 0 Å². The van der Waals surface area contributed by atoms with E-state index >= 15 is 0 Å². The van der Waals surface area contributed by atoms with E-state index in [0.717, 1.165) is 34.7 Å². The van der Waals surface area contributed by atoms with Crippen LogP contribution >= 0.6 is 11.3 Å². The Morgan fingerprint density at radius 1 is 0.780 bits per heavy atom. The monoisotopic (exact) mass is 567 g/mol. The highest BCUT2D eigenvalue weighted by atomic mass is 32.1. The average molecular weight is 568 g/mol. The molecule has 2 amide bonds. The van der Waals surface area contributed by atoms with Gasteiger partial charge in [-0.1, -0.05) is 72.8 Å². The van der Waals surface area contributed by atoms with Crippen LogP contribution in [0.25, 0.3) is 11.1 Å². The van der Waals surface area contributed by atoms with Crippen molar-refractivity contribution < 1.29 is 14.3 Å². The lowest BCUT2D eigenvalue weighted by Gasteiger charge is -2.31. The summed E-state index contributed by atoms with van der Waals surface area (Å²) in [5, 5.41) is 0. The summed E-state index contributed by atoms with van der Waals surface area (Å²) in [5.41, 5.74) is 3.81. The molecule has 0 aliphatic carbocycles. The molecule has 1 aliphatic rings. The number of hydrogen-bond acceptors (Lipinski definition) is 5. The first-order valence-corrected chi connectivity index (χ1v) is 15.0. The maximum atomic E-state index is 13.9. The van der Waals surface area contributed by atoms with Crippen LogP contribution in [0.15, 0.2) is 97.1 Å². The van der Waals surface area contributed by atoms with Crippen LogP contribution < -0.4 is 0 Å². The molecule has 3 aromatic carbocycles. The molecule has 1 fully saturated rings. The number of amides is 2. The molecule has 212 valence electrons. The minimum absolute atomic E-state index is 0.0286. The first-order chi connectivity index (χ1) is 20.0. The fourth-order valence-corrected chi connectivity index (χ4v) is 5.92. The van der Waals surface area contributed by atoms with Crippen LogP contribution in [0.4, 0.5) is 0 Å². The Labute approximate surface area is 246 Å². The number of ether oxygens (including phenoxy) is 1. The third-order valence-corrected chi connectivity index (χ3v) is 8.34. The summed E-state index contributed by atoms with van der Waals surface area (Å²) >= 11 is 1.70. The topological polar surface area (TPSA) is 53.1 Å². The van der Waals surface area contributed by atoms with E-state index in [1.54, 1.807) is 16.2 Å². The smallest absolute Gasteiger partial charge is 0.254 e. The van der Waals surface area contributed by atoms with Crippen molar-refractivity contribution in [3.8, 4) is 11.1 Å². The summed E-state index contributed by atoms with van der Waals surface area (Å²) in [4.78, 5) is 36.0. The van der Waals surface area contributed by atoms with E-state index in [2.05, 4.69) is 36.1 Å². The minimum atomic E-state index is -0.127. The van der Waals surface area contributed by atoms with Crippen LogP contribution in [0.5, 0.6) is 0 Å². The summed E-state index contributed by atoms with van der Waals surface area (Å²) in [6.07, 6.45) is 0. The Balaban J connectivity index is 1.35. The van der Waals surface area contributed by atoms with Gasteiger partial charge in [-0.3, -0.25) is 14.5 Å². The maximum Gasteiger partial charge on any atom is 0.254 e. The molecule has 5 rings (SSSR count). The molecule has 7 heteroatoms. The van der Waals surface area contributed by atoms with E-state index in [1.807, 2.05) is 77.7 Å². The van der Waals surface area contributed by atoms with Gasteiger partial charge in [0, 0.05) is 48.0 Å². The van der Waals surface area contributed by atoms with Crippen LogP contribution in [-0.4, -0.2) is 72.5 Å². The molecule has 41 heavy (non-hydrogen) atoms. The zero-order valence-electron chi connectivity index (χ0n) is 23.6. The number of carbonyl (C=O) groups is 2. The lowest BCUT2D eigenvalue weighted by molar-refractivity contribution is -0.133. The van der Waals surface area contributed by atoms with Crippen LogP contribution in [0, 0.1) is 6.92 Å². The lowest BCUT2D eigenvalue weighted by atomic mass is 10.0. The number of aryl methyl sites for hydroxylation is 1. The third kappa shape index (κ3) is 8.13. The number of thiophene rings is 1. The van der Waals surface area contributed by atoms with Crippen molar-refractivity contribution in [2.45, 2.75) is 20.0 Å². The van der Waals surface area contributed by atoms with Gasteiger partial charge in [0.15, 0.2) is 0 Å². The largest absolute Gasteiger partial charge is 0.379 e. The molecule has 2 heterocycles. The van der Waals surface area contributed by atoms with E-state index in [-0.39, 0.29) is 18.4 Å². The van der Waals surface area contributed by atoms with E-state index in [4.69, 9.17) is 4.74 Å². The molecule has 0 bridgehead atoms. The van der Waals surface area contributed by atoms with Crippen molar-refractivity contribution in [1.82, 2.24) is 14.7 Å². The zero-order valence-corrected chi connectivity index (χ0v) is 24.4. The van der Waals surface area contributed by atoms with Crippen molar-refractivity contribution in [3.05, 3.63) is 118 Å². The molecular weight excluding hydrogens is 530 g/mol. The Kier molecular flexibility index (Phi) is 9.96. The fourth-order valence-electron chi connectivity index (χ4n) is 5.02. The Morgan fingerprint density at radius 2 is 1.44 bits per heavy atom.